The van der Waals surface area contributed by atoms with E-state index in [0.717, 1.165) is 18.5 Å². The second-order valence-electron chi connectivity index (χ2n) is 6.38. The zero-order valence-electron chi connectivity index (χ0n) is 14.3. The zero-order chi connectivity index (χ0) is 17.1. The van der Waals surface area contributed by atoms with Crippen molar-refractivity contribution in [3.8, 4) is 0 Å². The van der Waals surface area contributed by atoms with Gasteiger partial charge in [-0.25, -0.2) is 4.79 Å². The number of urea groups is 1. The number of rotatable bonds is 5. The molecule has 0 spiro atoms. The molecule has 2 atom stereocenters. The van der Waals surface area contributed by atoms with Gasteiger partial charge in [-0.1, -0.05) is 19.1 Å². The fourth-order valence-corrected chi connectivity index (χ4v) is 3.72. The number of nitrogens with one attached hydrogen (secondary N) is 1. The summed E-state index contributed by atoms with van der Waals surface area (Å²) in [5.74, 6) is 0.118. The van der Waals surface area contributed by atoms with E-state index in [4.69, 9.17) is 4.74 Å². The maximum atomic E-state index is 12.6. The van der Waals surface area contributed by atoms with Crippen molar-refractivity contribution in [3.05, 3.63) is 29.8 Å². The molecule has 2 aliphatic rings. The van der Waals surface area contributed by atoms with Crippen molar-refractivity contribution < 1.29 is 14.3 Å². The van der Waals surface area contributed by atoms with Gasteiger partial charge in [0.05, 0.1) is 18.7 Å². The molecule has 2 aliphatic heterocycles. The third kappa shape index (κ3) is 3.24. The van der Waals surface area contributed by atoms with Crippen LogP contribution in [0.4, 0.5) is 10.5 Å². The van der Waals surface area contributed by atoms with Crippen molar-refractivity contribution in [2.45, 2.75) is 38.3 Å². The van der Waals surface area contributed by atoms with Crippen LogP contribution in [0.2, 0.25) is 0 Å². The van der Waals surface area contributed by atoms with E-state index in [1.165, 1.54) is 5.56 Å². The molecule has 1 N–H and O–H groups in total. The Balaban J connectivity index is 1.65. The van der Waals surface area contributed by atoms with Crippen molar-refractivity contribution >= 4 is 17.6 Å². The van der Waals surface area contributed by atoms with Crippen LogP contribution in [0.3, 0.4) is 0 Å². The number of anilines is 1. The lowest BCUT2D eigenvalue weighted by atomic mass is 10.1. The van der Waals surface area contributed by atoms with Gasteiger partial charge in [-0.15, -0.1) is 0 Å². The molecule has 0 bridgehead atoms. The van der Waals surface area contributed by atoms with E-state index in [-0.39, 0.29) is 24.0 Å². The van der Waals surface area contributed by atoms with Crippen molar-refractivity contribution in [3.63, 3.8) is 0 Å². The molecular weight excluding hydrogens is 306 g/mol. The molecule has 24 heavy (non-hydrogen) atoms. The minimum absolute atomic E-state index is 0.0243. The number of ether oxygens (including phenoxy) is 1. The smallest absolute Gasteiger partial charge is 0.322 e. The van der Waals surface area contributed by atoms with Crippen LogP contribution in [0.15, 0.2) is 24.3 Å². The van der Waals surface area contributed by atoms with E-state index >= 15 is 0 Å². The van der Waals surface area contributed by atoms with Crippen molar-refractivity contribution in [2.75, 3.05) is 32.1 Å². The van der Waals surface area contributed by atoms with Crippen LogP contribution >= 0.6 is 0 Å². The van der Waals surface area contributed by atoms with E-state index in [1.807, 2.05) is 34.1 Å². The number of carbonyl (C=O) groups excluding carboxylic acids is 2. The molecular formula is C18H25N3O3. The van der Waals surface area contributed by atoms with E-state index in [2.05, 4.69) is 12.2 Å². The van der Waals surface area contributed by atoms with Crippen molar-refractivity contribution in [1.29, 1.82) is 0 Å². The minimum atomic E-state index is -0.114. The lowest BCUT2D eigenvalue weighted by Crippen LogP contribution is -2.42. The number of amides is 3. The molecule has 2 heterocycles. The highest BCUT2D eigenvalue weighted by atomic mass is 16.5. The number of methoxy groups -OCH3 is 1. The third-order valence-electron chi connectivity index (χ3n) is 5.00. The number of nitrogens with zero attached hydrogens (tertiary/aromatic N) is 2. The SMILES string of the molecule is CCc1cccc(NC(=O)N2CCC3C2CC(=O)N3CCOC)c1. The number of benzene rings is 1. The molecule has 3 amide bonds. The highest BCUT2D eigenvalue weighted by molar-refractivity contribution is 5.91. The Morgan fingerprint density at radius 1 is 1.38 bits per heavy atom. The highest BCUT2D eigenvalue weighted by Gasteiger charge is 2.48. The van der Waals surface area contributed by atoms with Crippen LogP contribution in [0.1, 0.15) is 25.3 Å². The summed E-state index contributed by atoms with van der Waals surface area (Å²) in [6, 6.07) is 7.88. The summed E-state index contributed by atoms with van der Waals surface area (Å²) in [5, 5.41) is 2.98. The lowest BCUT2D eigenvalue weighted by Gasteiger charge is -2.25. The first-order valence-corrected chi connectivity index (χ1v) is 8.59. The molecule has 0 aliphatic carbocycles. The molecule has 6 nitrogen and oxygen atoms in total. The van der Waals surface area contributed by atoms with Gasteiger partial charge in [-0.3, -0.25) is 4.79 Å². The van der Waals surface area contributed by atoms with E-state index in [9.17, 15) is 9.59 Å². The second kappa shape index (κ2) is 7.21. The van der Waals surface area contributed by atoms with Gasteiger partial charge >= 0.3 is 6.03 Å². The average Bonchev–Trinajstić information content (AvgIpc) is 3.11. The molecule has 2 fully saturated rings. The normalized spacial score (nSPS) is 22.8. The Labute approximate surface area is 142 Å². The molecule has 6 heteroatoms. The molecule has 2 unspecified atom stereocenters. The summed E-state index contributed by atoms with van der Waals surface area (Å²) in [7, 11) is 1.64. The molecule has 0 radical (unpaired) electrons. The maximum Gasteiger partial charge on any atom is 0.322 e. The summed E-state index contributed by atoms with van der Waals surface area (Å²) in [5.41, 5.74) is 2.00. The van der Waals surface area contributed by atoms with Gasteiger partial charge in [0.2, 0.25) is 5.91 Å². The van der Waals surface area contributed by atoms with E-state index < -0.39 is 0 Å². The third-order valence-corrected chi connectivity index (χ3v) is 5.00. The predicted octanol–water partition coefficient (Wildman–Crippen LogP) is 2.10. The van der Waals surface area contributed by atoms with Gasteiger partial charge in [0.1, 0.15) is 0 Å². The van der Waals surface area contributed by atoms with Crippen LogP contribution in [0.5, 0.6) is 0 Å². The first kappa shape index (κ1) is 16.8. The fraction of sp³-hybridized carbons (Fsp3) is 0.556. The molecule has 1 aromatic rings. The molecule has 1 aromatic carbocycles. The summed E-state index contributed by atoms with van der Waals surface area (Å²) in [4.78, 5) is 28.5. The lowest BCUT2D eigenvalue weighted by molar-refractivity contribution is -0.129. The van der Waals surface area contributed by atoms with Gasteiger partial charge in [-0.2, -0.15) is 0 Å². The van der Waals surface area contributed by atoms with Crippen LogP contribution < -0.4 is 5.32 Å². The standard InChI is InChI=1S/C18H25N3O3/c1-3-13-5-4-6-14(11-13)19-18(23)21-8-7-15-16(21)12-17(22)20(15)9-10-24-2/h4-6,11,15-16H,3,7-10,12H2,1-2H3,(H,19,23). The average molecular weight is 331 g/mol. The first-order chi connectivity index (χ1) is 11.6. The maximum absolute atomic E-state index is 12.6. The van der Waals surface area contributed by atoms with Crippen LogP contribution in [0, 0.1) is 0 Å². The van der Waals surface area contributed by atoms with Crippen molar-refractivity contribution in [1.82, 2.24) is 9.80 Å². The van der Waals surface area contributed by atoms with E-state index in [0.29, 0.717) is 26.1 Å². The van der Waals surface area contributed by atoms with Gasteiger partial charge in [0.25, 0.3) is 0 Å². The summed E-state index contributed by atoms with van der Waals surface area (Å²) < 4.78 is 5.09. The monoisotopic (exact) mass is 331 g/mol. The largest absolute Gasteiger partial charge is 0.383 e. The number of fused-ring (bicyclic) bond motifs is 1. The Bertz CT molecular complexity index is 619. The number of carbonyl (C=O) groups is 2. The van der Waals surface area contributed by atoms with Gasteiger partial charge in [0, 0.05) is 32.3 Å². The fourth-order valence-electron chi connectivity index (χ4n) is 3.72. The number of aryl methyl sites for hydroxylation is 1. The van der Waals surface area contributed by atoms with Crippen LogP contribution in [-0.2, 0) is 16.0 Å². The first-order valence-electron chi connectivity index (χ1n) is 8.59. The quantitative estimate of drug-likeness (QED) is 0.899. The zero-order valence-corrected chi connectivity index (χ0v) is 14.3. The minimum Gasteiger partial charge on any atom is -0.383 e. The van der Waals surface area contributed by atoms with Crippen LogP contribution in [-0.4, -0.2) is 60.6 Å². The number of hydrogen-bond acceptors (Lipinski definition) is 3. The Hall–Kier alpha value is -2.08. The van der Waals surface area contributed by atoms with Crippen molar-refractivity contribution in [2.24, 2.45) is 0 Å². The van der Waals surface area contributed by atoms with E-state index in [1.54, 1.807) is 7.11 Å². The highest BCUT2D eigenvalue weighted by Crippen LogP contribution is 2.32. The summed E-state index contributed by atoms with van der Waals surface area (Å²) in [6.45, 7) is 3.91. The molecule has 0 aromatic heterocycles. The second-order valence-corrected chi connectivity index (χ2v) is 6.38. The van der Waals surface area contributed by atoms with Gasteiger partial charge in [-0.05, 0) is 30.5 Å². The topological polar surface area (TPSA) is 61.9 Å². The Morgan fingerprint density at radius 3 is 2.96 bits per heavy atom. The number of likely N-dealkylation sites (tertiary alicyclic amines) is 2. The van der Waals surface area contributed by atoms with Gasteiger partial charge < -0.3 is 19.9 Å². The van der Waals surface area contributed by atoms with Crippen LogP contribution in [0.25, 0.3) is 0 Å². The summed E-state index contributed by atoms with van der Waals surface area (Å²) >= 11 is 0. The predicted molar refractivity (Wildman–Crippen MR) is 91.9 cm³/mol. The Kier molecular flexibility index (Phi) is 5.04. The molecule has 3 rings (SSSR count). The molecule has 2 saturated heterocycles. The molecule has 130 valence electrons. The number of hydrogen-bond donors (Lipinski definition) is 1. The molecule has 0 saturated carbocycles. The Morgan fingerprint density at radius 2 is 2.21 bits per heavy atom. The van der Waals surface area contributed by atoms with Gasteiger partial charge in [0.15, 0.2) is 0 Å². The summed E-state index contributed by atoms with van der Waals surface area (Å²) in [6.07, 6.45) is 2.18.